The smallest absolute Gasteiger partial charge is 0.124 e. The number of halogens is 2. The number of allylic oxidation sites excluding steroid dienone is 3. The molecule has 2 nitrogen and oxygen atoms in total. The Balaban J connectivity index is 2.12. The van der Waals surface area contributed by atoms with E-state index in [0.29, 0.717) is 16.7 Å². The maximum atomic E-state index is 13.7. The Bertz CT molecular complexity index is 835. The van der Waals surface area contributed by atoms with Crippen molar-refractivity contribution in [3.05, 3.63) is 95.2 Å². The first-order valence-electron chi connectivity index (χ1n) is 7.58. The van der Waals surface area contributed by atoms with Gasteiger partial charge in [-0.15, -0.1) is 0 Å². The molecule has 0 saturated heterocycles. The van der Waals surface area contributed by atoms with Gasteiger partial charge >= 0.3 is 0 Å². The van der Waals surface area contributed by atoms with Gasteiger partial charge in [-0.1, -0.05) is 18.2 Å². The minimum absolute atomic E-state index is 0.0236. The molecule has 0 unspecified atom stereocenters. The van der Waals surface area contributed by atoms with Gasteiger partial charge in [-0.05, 0) is 65.4 Å². The number of phenols is 1. The van der Waals surface area contributed by atoms with E-state index in [1.165, 1.54) is 30.3 Å². The van der Waals surface area contributed by atoms with Crippen molar-refractivity contribution in [3.63, 3.8) is 0 Å². The van der Waals surface area contributed by atoms with Gasteiger partial charge in [-0.3, -0.25) is 0 Å². The Hall–Kier alpha value is -2.88. The van der Waals surface area contributed by atoms with E-state index in [1.807, 2.05) is 36.4 Å². The molecule has 1 aliphatic rings. The highest BCUT2D eigenvalue weighted by Gasteiger charge is 2.12. The van der Waals surface area contributed by atoms with E-state index in [9.17, 15) is 13.9 Å². The molecule has 2 aromatic carbocycles. The van der Waals surface area contributed by atoms with Gasteiger partial charge in [0.25, 0.3) is 0 Å². The number of hydrogen-bond acceptors (Lipinski definition) is 2. The fraction of sp³-hybridized carbons (Fsp3) is 0.100. The summed E-state index contributed by atoms with van der Waals surface area (Å²) < 4.78 is 26.9. The maximum absolute atomic E-state index is 13.7. The van der Waals surface area contributed by atoms with Gasteiger partial charge in [0, 0.05) is 19.2 Å². The summed E-state index contributed by atoms with van der Waals surface area (Å²) in [4.78, 5) is 2.02. The van der Waals surface area contributed by atoms with Crippen molar-refractivity contribution in [2.75, 3.05) is 13.6 Å². The molecule has 3 rings (SSSR count). The first-order valence-corrected chi connectivity index (χ1v) is 7.58. The van der Waals surface area contributed by atoms with Crippen molar-refractivity contribution in [3.8, 4) is 5.75 Å². The Morgan fingerprint density at radius 1 is 1.08 bits per heavy atom. The van der Waals surface area contributed by atoms with Gasteiger partial charge in [0.15, 0.2) is 0 Å². The number of hydrogen-bond donors (Lipinski definition) is 1. The van der Waals surface area contributed by atoms with Crippen LogP contribution < -0.4 is 0 Å². The topological polar surface area (TPSA) is 23.5 Å². The highest BCUT2D eigenvalue weighted by Crippen LogP contribution is 2.32. The van der Waals surface area contributed by atoms with Crippen molar-refractivity contribution in [2.24, 2.45) is 0 Å². The van der Waals surface area contributed by atoms with E-state index < -0.39 is 5.82 Å². The summed E-state index contributed by atoms with van der Waals surface area (Å²) in [5.41, 5.74) is 2.64. The maximum Gasteiger partial charge on any atom is 0.124 e. The van der Waals surface area contributed by atoms with Crippen LogP contribution >= 0.6 is 0 Å². The van der Waals surface area contributed by atoms with Crippen molar-refractivity contribution >= 4 is 5.57 Å². The molecule has 4 heteroatoms. The fourth-order valence-electron chi connectivity index (χ4n) is 2.54. The van der Waals surface area contributed by atoms with Gasteiger partial charge in [-0.25, -0.2) is 8.78 Å². The third-order valence-corrected chi connectivity index (χ3v) is 3.85. The van der Waals surface area contributed by atoms with E-state index in [1.54, 1.807) is 12.1 Å². The monoisotopic (exact) mass is 325 g/mol. The lowest BCUT2D eigenvalue weighted by atomic mass is 9.94. The number of rotatable bonds is 3. The Kier molecular flexibility index (Phi) is 4.47. The van der Waals surface area contributed by atoms with Crippen LogP contribution in [0.1, 0.15) is 11.1 Å². The molecule has 1 N–H and O–H groups in total. The third-order valence-electron chi connectivity index (χ3n) is 3.85. The van der Waals surface area contributed by atoms with E-state index in [0.717, 1.165) is 12.1 Å². The van der Waals surface area contributed by atoms with E-state index in [4.69, 9.17) is 0 Å². The normalized spacial score (nSPS) is 14.7. The minimum Gasteiger partial charge on any atom is -0.507 e. The molecule has 0 radical (unpaired) electrons. The molecule has 0 amide bonds. The van der Waals surface area contributed by atoms with Gasteiger partial charge in [0.1, 0.15) is 17.4 Å². The van der Waals surface area contributed by atoms with Crippen LogP contribution in [-0.4, -0.2) is 23.6 Å². The number of phenolic OH excluding ortho intramolecular Hbond substituents is 1. The molecule has 24 heavy (non-hydrogen) atoms. The van der Waals surface area contributed by atoms with Crippen molar-refractivity contribution < 1.29 is 13.9 Å². The second-order valence-corrected chi connectivity index (χ2v) is 5.69. The predicted octanol–water partition coefficient (Wildman–Crippen LogP) is 4.49. The molecule has 0 aromatic heterocycles. The molecule has 0 aliphatic carbocycles. The van der Waals surface area contributed by atoms with E-state index >= 15 is 0 Å². The molecular weight excluding hydrogens is 308 g/mol. The molecule has 0 spiro atoms. The largest absolute Gasteiger partial charge is 0.507 e. The van der Waals surface area contributed by atoms with Crippen LogP contribution in [0.15, 0.2) is 72.5 Å². The zero-order chi connectivity index (χ0) is 17.1. The van der Waals surface area contributed by atoms with Gasteiger partial charge in [0.2, 0.25) is 0 Å². The quantitative estimate of drug-likeness (QED) is 0.899. The summed E-state index contributed by atoms with van der Waals surface area (Å²) in [7, 11) is 1.97. The number of aromatic hydroxyl groups is 1. The summed E-state index contributed by atoms with van der Waals surface area (Å²) >= 11 is 0. The molecule has 0 saturated carbocycles. The third kappa shape index (κ3) is 3.54. The zero-order valence-electron chi connectivity index (χ0n) is 13.2. The van der Waals surface area contributed by atoms with Crippen LogP contribution in [0, 0.1) is 11.6 Å². The molecule has 0 fully saturated rings. The second-order valence-electron chi connectivity index (χ2n) is 5.69. The Morgan fingerprint density at radius 3 is 2.46 bits per heavy atom. The molecule has 0 atom stereocenters. The van der Waals surface area contributed by atoms with Crippen LogP contribution in [0.3, 0.4) is 0 Å². The standard InChI is InChI=1S/C20H17F2NO/c1-23-10-8-14(9-11-23)12-18(15-2-4-16(21)5-3-15)19-13-17(22)6-7-20(19)24/h2-10,12-13,24H,11H2,1H3/b18-12+. The van der Waals surface area contributed by atoms with Gasteiger partial charge in [-0.2, -0.15) is 0 Å². The predicted molar refractivity (Wildman–Crippen MR) is 91.4 cm³/mol. The average molecular weight is 325 g/mol. The lowest BCUT2D eigenvalue weighted by molar-refractivity contribution is 0.471. The molecule has 1 aliphatic heterocycles. The number of benzene rings is 2. The SMILES string of the molecule is CN1C=CC(/C=C(\c2ccc(F)cc2)c2cc(F)ccc2O)=CC1. The van der Waals surface area contributed by atoms with Crippen LogP contribution in [0.5, 0.6) is 5.75 Å². The summed E-state index contributed by atoms with van der Waals surface area (Å²) in [5.74, 6) is -0.812. The van der Waals surface area contributed by atoms with E-state index in [2.05, 4.69) is 0 Å². The lowest BCUT2D eigenvalue weighted by Crippen LogP contribution is -2.13. The molecule has 2 aromatic rings. The first-order chi connectivity index (χ1) is 11.5. The van der Waals surface area contributed by atoms with Crippen molar-refractivity contribution in [1.29, 1.82) is 0 Å². The lowest BCUT2D eigenvalue weighted by Gasteiger charge is -2.17. The first kappa shape index (κ1) is 16.0. The van der Waals surface area contributed by atoms with E-state index in [-0.39, 0.29) is 11.6 Å². The van der Waals surface area contributed by atoms with Crippen molar-refractivity contribution in [1.82, 2.24) is 4.90 Å². The van der Waals surface area contributed by atoms with Crippen LogP contribution in [0.4, 0.5) is 8.78 Å². The summed E-state index contributed by atoms with van der Waals surface area (Å²) in [6.45, 7) is 0.758. The Morgan fingerprint density at radius 2 is 1.79 bits per heavy atom. The van der Waals surface area contributed by atoms with Crippen LogP contribution in [0.2, 0.25) is 0 Å². The summed E-state index contributed by atoms with van der Waals surface area (Å²) in [6, 6.07) is 9.73. The number of nitrogens with zero attached hydrogens (tertiary/aromatic N) is 1. The molecule has 0 bridgehead atoms. The molecule has 1 heterocycles. The highest BCUT2D eigenvalue weighted by atomic mass is 19.1. The second kappa shape index (κ2) is 6.71. The van der Waals surface area contributed by atoms with Crippen molar-refractivity contribution in [2.45, 2.75) is 0 Å². The van der Waals surface area contributed by atoms with Gasteiger partial charge in [0.05, 0.1) is 0 Å². The molecular formula is C20H17F2NO. The summed E-state index contributed by atoms with van der Waals surface area (Å²) in [5, 5.41) is 10.2. The van der Waals surface area contributed by atoms with Crippen LogP contribution in [0.25, 0.3) is 5.57 Å². The zero-order valence-corrected chi connectivity index (χ0v) is 13.2. The Labute approximate surface area is 139 Å². The number of likely N-dealkylation sites (N-methyl/N-ethyl adjacent to an activating group) is 1. The fourth-order valence-corrected chi connectivity index (χ4v) is 2.54. The molecule has 122 valence electrons. The summed E-state index contributed by atoms with van der Waals surface area (Å²) in [6.07, 6.45) is 7.77. The highest BCUT2D eigenvalue weighted by molar-refractivity contribution is 5.84. The van der Waals surface area contributed by atoms with Gasteiger partial charge < -0.3 is 10.0 Å². The minimum atomic E-state index is -0.441. The average Bonchev–Trinajstić information content (AvgIpc) is 2.58. The van der Waals surface area contributed by atoms with Crippen LogP contribution in [-0.2, 0) is 0 Å².